The van der Waals surface area contributed by atoms with E-state index < -0.39 is 0 Å². The van der Waals surface area contributed by atoms with Gasteiger partial charge < -0.3 is 4.90 Å². The fourth-order valence-corrected chi connectivity index (χ4v) is 9.60. The summed E-state index contributed by atoms with van der Waals surface area (Å²) in [6.07, 6.45) is 6.11. The van der Waals surface area contributed by atoms with Gasteiger partial charge in [-0.2, -0.15) is 0 Å². The largest absolute Gasteiger partial charge is 0.310 e. The molecule has 0 radical (unpaired) electrons. The minimum Gasteiger partial charge on any atom is -0.310 e. The maximum Gasteiger partial charge on any atom is 0.0467 e. The van der Waals surface area contributed by atoms with Crippen LogP contribution in [-0.2, 0) is 27.1 Å². The Hall–Kier alpha value is -4.62. The highest BCUT2D eigenvalue weighted by Gasteiger charge is 2.46. The fraction of sp³-hybridized carbons (Fsp3) is 0.424. The summed E-state index contributed by atoms with van der Waals surface area (Å²) >= 11 is 0. The summed E-state index contributed by atoms with van der Waals surface area (Å²) in [5, 5.41) is 0. The Labute approximate surface area is 365 Å². The molecule has 60 heavy (non-hydrogen) atoms. The highest BCUT2D eigenvalue weighted by atomic mass is 15.1. The van der Waals surface area contributed by atoms with E-state index in [0.29, 0.717) is 0 Å². The molecule has 0 aromatic heterocycles. The van der Waals surface area contributed by atoms with E-state index in [4.69, 9.17) is 0 Å². The summed E-state index contributed by atoms with van der Waals surface area (Å²) in [7, 11) is 0. The van der Waals surface area contributed by atoms with Crippen LogP contribution in [0.4, 0.5) is 17.1 Å². The SMILES string of the molecule is CC(C)(C)C1=CC(c2cc(C(C)(C)C)cc(C(C)(C)C)c2)(C(C)(C)C)CC(c2cccc(N(c3ccc(C(C)(C)C)cc3)c3ccc4c(c3)C(C)(C)c3ccccc3-4)c2)=C1. The highest BCUT2D eigenvalue weighted by molar-refractivity contribution is 5.86. The average molecular weight is 796 g/mol. The van der Waals surface area contributed by atoms with Crippen molar-refractivity contribution in [1.29, 1.82) is 0 Å². The van der Waals surface area contributed by atoms with Gasteiger partial charge in [0.2, 0.25) is 0 Å². The minimum absolute atomic E-state index is 0.0252. The van der Waals surface area contributed by atoms with E-state index in [1.54, 1.807) is 0 Å². The van der Waals surface area contributed by atoms with Gasteiger partial charge in [-0.15, -0.1) is 0 Å². The van der Waals surface area contributed by atoms with Crippen LogP contribution in [0.5, 0.6) is 0 Å². The lowest BCUT2D eigenvalue weighted by Gasteiger charge is -2.48. The molecule has 0 saturated heterocycles. The molecule has 7 rings (SSSR count). The zero-order chi connectivity index (χ0) is 44.0. The minimum atomic E-state index is -0.236. The Kier molecular flexibility index (Phi) is 10.5. The molecular formula is C59H73N. The smallest absolute Gasteiger partial charge is 0.0467 e. The first-order valence-corrected chi connectivity index (χ1v) is 22.5. The number of hydrogen-bond acceptors (Lipinski definition) is 1. The molecule has 0 amide bonds. The van der Waals surface area contributed by atoms with Crippen molar-refractivity contribution in [3.05, 3.63) is 166 Å². The second kappa shape index (κ2) is 14.5. The summed E-state index contributed by atoms with van der Waals surface area (Å²) in [6, 6.07) is 42.3. The highest BCUT2D eigenvalue weighted by Crippen LogP contribution is 2.56. The molecule has 0 fully saturated rings. The molecule has 1 atom stereocenters. The molecule has 2 aliphatic rings. The van der Waals surface area contributed by atoms with Crippen molar-refractivity contribution in [2.75, 3.05) is 4.90 Å². The van der Waals surface area contributed by atoms with Gasteiger partial charge in [0.15, 0.2) is 0 Å². The van der Waals surface area contributed by atoms with Crippen LogP contribution in [0.2, 0.25) is 0 Å². The van der Waals surface area contributed by atoms with Gasteiger partial charge in [0.25, 0.3) is 0 Å². The third-order valence-corrected chi connectivity index (χ3v) is 13.9. The van der Waals surface area contributed by atoms with Crippen LogP contribution in [0.1, 0.15) is 163 Å². The van der Waals surface area contributed by atoms with Crippen molar-refractivity contribution in [3.8, 4) is 11.1 Å². The number of allylic oxidation sites excluding steroid dienone is 4. The van der Waals surface area contributed by atoms with Gasteiger partial charge in [0.05, 0.1) is 0 Å². The van der Waals surface area contributed by atoms with Crippen LogP contribution in [0.15, 0.2) is 127 Å². The lowest BCUT2D eigenvalue weighted by molar-refractivity contribution is 0.235. The van der Waals surface area contributed by atoms with Crippen molar-refractivity contribution in [1.82, 2.24) is 0 Å². The summed E-state index contributed by atoms with van der Waals surface area (Å²) in [5.74, 6) is 0. The Morgan fingerprint density at radius 1 is 0.467 bits per heavy atom. The van der Waals surface area contributed by atoms with E-state index in [-0.39, 0.29) is 37.9 Å². The molecule has 5 aromatic rings. The summed E-state index contributed by atoms with van der Waals surface area (Å²) < 4.78 is 0. The summed E-state index contributed by atoms with van der Waals surface area (Å²) in [6.45, 7) is 40.3. The standard InChI is InChI=1S/C59H73N/c1-53(2,3)41-25-27-46(28-26-41)60(48-29-30-50-49-23-18-19-24-51(49)58(16,17)52(50)36-48)47-22-20-21-39(32-47)40-31-45(56(10,11)12)38-59(37-40,57(13,14)15)44-34-42(54(4,5)6)33-43(35-44)55(7,8)9/h18-36,38H,37H2,1-17H3. The molecule has 0 aliphatic heterocycles. The van der Waals surface area contributed by atoms with Crippen molar-refractivity contribution in [2.45, 2.75) is 151 Å². The van der Waals surface area contributed by atoms with E-state index in [0.717, 1.165) is 6.42 Å². The molecule has 0 spiro atoms. The molecule has 0 N–H and O–H groups in total. The average Bonchev–Trinajstić information content (AvgIpc) is 3.38. The monoisotopic (exact) mass is 796 g/mol. The normalized spacial score (nSPS) is 18.1. The molecule has 5 aromatic carbocycles. The molecule has 0 saturated carbocycles. The van der Waals surface area contributed by atoms with E-state index in [1.165, 1.54) is 78.3 Å². The van der Waals surface area contributed by atoms with Crippen molar-refractivity contribution >= 4 is 22.6 Å². The van der Waals surface area contributed by atoms with Crippen molar-refractivity contribution < 1.29 is 0 Å². The molecule has 314 valence electrons. The molecule has 0 bridgehead atoms. The molecule has 0 heterocycles. The first-order valence-electron chi connectivity index (χ1n) is 22.5. The number of rotatable bonds is 5. The molecule has 2 aliphatic carbocycles. The third kappa shape index (κ3) is 7.87. The van der Waals surface area contributed by atoms with Gasteiger partial charge in [0, 0.05) is 27.9 Å². The zero-order valence-corrected chi connectivity index (χ0v) is 40.2. The maximum atomic E-state index is 2.67. The van der Waals surface area contributed by atoms with E-state index in [9.17, 15) is 0 Å². The van der Waals surface area contributed by atoms with Crippen LogP contribution in [0.25, 0.3) is 16.7 Å². The zero-order valence-electron chi connectivity index (χ0n) is 40.2. The van der Waals surface area contributed by atoms with E-state index in [1.807, 2.05) is 0 Å². The summed E-state index contributed by atoms with van der Waals surface area (Å²) in [5.41, 5.74) is 18.3. The van der Waals surface area contributed by atoms with Crippen LogP contribution in [-0.4, -0.2) is 0 Å². The number of nitrogens with zero attached hydrogens (tertiary/aromatic N) is 1. The Bertz CT molecular complexity index is 2450. The Balaban J connectivity index is 1.42. The predicted octanol–water partition coefficient (Wildman–Crippen LogP) is 17.1. The van der Waals surface area contributed by atoms with Gasteiger partial charge in [-0.3, -0.25) is 0 Å². The number of anilines is 3. The maximum absolute atomic E-state index is 2.67. The van der Waals surface area contributed by atoms with Gasteiger partial charge in [-0.1, -0.05) is 203 Å². The molecular weight excluding hydrogens is 723 g/mol. The van der Waals surface area contributed by atoms with Crippen LogP contribution in [0, 0.1) is 10.8 Å². The fourth-order valence-electron chi connectivity index (χ4n) is 9.60. The number of hydrogen-bond donors (Lipinski definition) is 0. The Morgan fingerprint density at radius 3 is 1.58 bits per heavy atom. The number of fused-ring (bicyclic) bond motifs is 3. The van der Waals surface area contributed by atoms with Gasteiger partial charge in [-0.05, 0) is 131 Å². The van der Waals surface area contributed by atoms with Crippen LogP contribution < -0.4 is 4.90 Å². The van der Waals surface area contributed by atoms with Crippen molar-refractivity contribution in [3.63, 3.8) is 0 Å². The second-order valence-corrected chi connectivity index (χ2v) is 23.8. The third-order valence-electron chi connectivity index (χ3n) is 13.9. The predicted molar refractivity (Wildman–Crippen MR) is 262 cm³/mol. The lowest BCUT2D eigenvalue weighted by Crippen LogP contribution is -2.41. The molecule has 1 heteroatoms. The first-order chi connectivity index (χ1) is 27.6. The Morgan fingerprint density at radius 2 is 1.02 bits per heavy atom. The van der Waals surface area contributed by atoms with Gasteiger partial charge in [-0.25, -0.2) is 0 Å². The number of benzene rings is 5. The lowest BCUT2D eigenvalue weighted by atomic mass is 9.55. The van der Waals surface area contributed by atoms with E-state index >= 15 is 0 Å². The molecule has 1 unspecified atom stereocenters. The van der Waals surface area contributed by atoms with Gasteiger partial charge in [0.1, 0.15) is 0 Å². The summed E-state index contributed by atoms with van der Waals surface area (Å²) in [4.78, 5) is 2.48. The molecule has 1 nitrogen and oxygen atoms in total. The topological polar surface area (TPSA) is 3.24 Å². The van der Waals surface area contributed by atoms with Crippen LogP contribution in [0.3, 0.4) is 0 Å². The van der Waals surface area contributed by atoms with Gasteiger partial charge >= 0.3 is 0 Å². The van der Waals surface area contributed by atoms with E-state index in [2.05, 4.69) is 244 Å². The first kappa shape index (κ1) is 43.5. The van der Waals surface area contributed by atoms with Crippen LogP contribution >= 0.6 is 0 Å². The second-order valence-electron chi connectivity index (χ2n) is 23.8. The van der Waals surface area contributed by atoms with Crippen molar-refractivity contribution in [2.24, 2.45) is 10.8 Å². The quantitative estimate of drug-likeness (QED) is 0.171.